The summed E-state index contributed by atoms with van der Waals surface area (Å²) in [6, 6.07) is 8.30. The Labute approximate surface area is 106 Å². The summed E-state index contributed by atoms with van der Waals surface area (Å²) in [4.78, 5) is 11.8. The molecule has 18 heavy (non-hydrogen) atoms. The minimum Gasteiger partial charge on any atom is -0.381 e. The van der Waals surface area contributed by atoms with E-state index in [9.17, 15) is 13.2 Å². The van der Waals surface area contributed by atoms with Crippen molar-refractivity contribution in [2.24, 2.45) is 0 Å². The normalized spacial score (nSPS) is 17.3. The lowest BCUT2D eigenvalue weighted by atomic mass is 10.2. The third kappa shape index (κ3) is 3.08. The van der Waals surface area contributed by atoms with E-state index < -0.39 is 21.2 Å². The molecular weight excluding hydrogens is 254 g/mol. The van der Waals surface area contributed by atoms with E-state index in [1.165, 1.54) is 0 Å². The molecule has 6 heteroatoms. The topological polar surface area (TPSA) is 72.5 Å². The van der Waals surface area contributed by atoms with Crippen molar-refractivity contribution in [3.63, 3.8) is 0 Å². The van der Waals surface area contributed by atoms with Crippen LogP contribution in [0.5, 0.6) is 0 Å². The Morgan fingerprint density at radius 1 is 1.17 bits per heavy atom. The van der Waals surface area contributed by atoms with Crippen molar-refractivity contribution in [3.05, 3.63) is 35.9 Å². The third-order valence-corrected chi connectivity index (χ3v) is 4.70. The highest BCUT2D eigenvalue weighted by molar-refractivity contribution is 7.90. The third-order valence-electron chi connectivity index (χ3n) is 2.88. The summed E-state index contributed by atoms with van der Waals surface area (Å²) in [7, 11) is -3.61. The van der Waals surface area contributed by atoms with E-state index in [0.29, 0.717) is 31.6 Å². The first kappa shape index (κ1) is 13.0. The summed E-state index contributed by atoms with van der Waals surface area (Å²) in [5.74, 6) is -0.581. The first-order chi connectivity index (χ1) is 8.59. The van der Waals surface area contributed by atoms with Crippen molar-refractivity contribution in [1.82, 2.24) is 4.72 Å². The molecule has 0 radical (unpaired) electrons. The van der Waals surface area contributed by atoms with E-state index >= 15 is 0 Å². The first-order valence-corrected chi connectivity index (χ1v) is 7.33. The second-order valence-corrected chi connectivity index (χ2v) is 6.11. The summed E-state index contributed by atoms with van der Waals surface area (Å²) < 4.78 is 31.2. The number of nitrogens with one attached hydrogen (secondary N) is 1. The van der Waals surface area contributed by atoms with Gasteiger partial charge in [0.15, 0.2) is 0 Å². The zero-order chi connectivity index (χ0) is 13.0. The van der Waals surface area contributed by atoms with Gasteiger partial charge in [0.05, 0.1) is 5.25 Å². The van der Waals surface area contributed by atoms with Crippen LogP contribution in [0.4, 0.5) is 0 Å². The fraction of sp³-hybridized carbons (Fsp3) is 0.417. The van der Waals surface area contributed by atoms with Crippen molar-refractivity contribution in [3.8, 4) is 0 Å². The molecule has 0 atom stereocenters. The van der Waals surface area contributed by atoms with Crippen LogP contribution in [-0.2, 0) is 14.8 Å². The van der Waals surface area contributed by atoms with Gasteiger partial charge in [-0.2, -0.15) is 0 Å². The lowest BCUT2D eigenvalue weighted by molar-refractivity contribution is 0.0950. The average Bonchev–Trinajstić information content (AvgIpc) is 2.40. The molecule has 1 amide bonds. The Morgan fingerprint density at radius 2 is 1.78 bits per heavy atom. The maximum Gasteiger partial charge on any atom is 0.264 e. The van der Waals surface area contributed by atoms with Crippen LogP contribution in [0.1, 0.15) is 23.2 Å². The molecule has 1 aliphatic rings. The molecule has 1 aromatic rings. The highest BCUT2D eigenvalue weighted by Crippen LogP contribution is 2.15. The number of ether oxygens (including phenoxy) is 1. The van der Waals surface area contributed by atoms with Gasteiger partial charge in [-0.1, -0.05) is 18.2 Å². The Balaban J connectivity index is 2.06. The van der Waals surface area contributed by atoms with Crippen LogP contribution in [0.15, 0.2) is 30.3 Å². The minimum atomic E-state index is -3.61. The second-order valence-electron chi connectivity index (χ2n) is 4.15. The number of hydrogen-bond acceptors (Lipinski definition) is 4. The molecule has 1 N–H and O–H groups in total. The van der Waals surface area contributed by atoms with Crippen LogP contribution in [-0.4, -0.2) is 32.8 Å². The van der Waals surface area contributed by atoms with Crippen LogP contribution in [0.25, 0.3) is 0 Å². The molecule has 0 saturated carbocycles. The van der Waals surface area contributed by atoms with Gasteiger partial charge >= 0.3 is 0 Å². The van der Waals surface area contributed by atoms with Gasteiger partial charge in [-0.15, -0.1) is 0 Å². The van der Waals surface area contributed by atoms with E-state index in [0.717, 1.165) is 0 Å². The molecule has 1 aromatic carbocycles. The number of rotatable bonds is 3. The van der Waals surface area contributed by atoms with Crippen molar-refractivity contribution in [1.29, 1.82) is 0 Å². The molecule has 1 fully saturated rings. The monoisotopic (exact) mass is 269 g/mol. The summed E-state index contributed by atoms with van der Waals surface area (Å²) in [5.41, 5.74) is 0.341. The quantitative estimate of drug-likeness (QED) is 0.886. The molecular formula is C12H15NO4S. The molecule has 2 rings (SSSR count). The molecule has 98 valence electrons. The summed E-state index contributed by atoms with van der Waals surface area (Å²) in [6.45, 7) is 0.843. The van der Waals surface area contributed by atoms with Crippen molar-refractivity contribution >= 4 is 15.9 Å². The van der Waals surface area contributed by atoms with Crippen molar-refractivity contribution in [2.45, 2.75) is 18.1 Å². The minimum absolute atomic E-state index is 0.341. The van der Waals surface area contributed by atoms with E-state index in [1.807, 2.05) is 0 Å². The number of amides is 1. The Hall–Kier alpha value is -1.40. The van der Waals surface area contributed by atoms with Crippen LogP contribution < -0.4 is 4.72 Å². The van der Waals surface area contributed by atoms with Gasteiger partial charge in [-0.05, 0) is 25.0 Å². The van der Waals surface area contributed by atoms with Crippen LogP contribution in [0.3, 0.4) is 0 Å². The number of benzene rings is 1. The van der Waals surface area contributed by atoms with Crippen LogP contribution >= 0.6 is 0 Å². The number of hydrogen-bond donors (Lipinski definition) is 1. The second kappa shape index (κ2) is 5.49. The predicted molar refractivity (Wildman–Crippen MR) is 66.7 cm³/mol. The fourth-order valence-electron chi connectivity index (χ4n) is 1.85. The zero-order valence-corrected chi connectivity index (χ0v) is 10.7. The van der Waals surface area contributed by atoms with E-state index in [4.69, 9.17) is 4.74 Å². The highest BCUT2D eigenvalue weighted by Gasteiger charge is 2.29. The smallest absolute Gasteiger partial charge is 0.264 e. The molecule has 1 heterocycles. The molecule has 1 saturated heterocycles. The van der Waals surface area contributed by atoms with Gasteiger partial charge in [-0.3, -0.25) is 4.79 Å². The van der Waals surface area contributed by atoms with Crippen LogP contribution in [0.2, 0.25) is 0 Å². The van der Waals surface area contributed by atoms with Crippen molar-refractivity contribution in [2.75, 3.05) is 13.2 Å². The molecule has 1 aliphatic heterocycles. The van der Waals surface area contributed by atoms with E-state index in [1.54, 1.807) is 30.3 Å². The first-order valence-electron chi connectivity index (χ1n) is 5.78. The number of carbonyl (C=O) groups excluding carboxylic acids is 1. The van der Waals surface area contributed by atoms with E-state index in [2.05, 4.69) is 4.72 Å². The summed E-state index contributed by atoms with van der Waals surface area (Å²) in [5, 5.41) is -0.543. The molecule has 0 aromatic heterocycles. The van der Waals surface area contributed by atoms with Crippen LogP contribution in [0, 0.1) is 0 Å². The summed E-state index contributed by atoms with van der Waals surface area (Å²) >= 11 is 0. The van der Waals surface area contributed by atoms with Gasteiger partial charge in [0.2, 0.25) is 10.0 Å². The Bertz CT molecular complexity index is 506. The number of carbonyl (C=O) groups is 1. The Kier molecular flexibility index (Phi) is 3.98. The molecule has 0 aliphatic carbocycles. The lowest BCUT2D eigenvalue weighted by Crippen LogP contribution is -2.41. The Morgan fingerprint density at radius 3 is 2.39 bits per heavy atom. The maximum atomic E-state index is 12.0. The van der Waals surface area contributed by atoms with E-state index in [-0.39, 0.29) is 0 Å². The standard InChI is InChI=1S/C12H15NO4S/c14-12(10-4-2-1-3-5-10)13-18(15,16)11-6-8-17-9-7-11/h1-5,11H,6-9H2,(H,13,14). The molecule has 0 spiro atoms. The lowest BCUT2D eigenvalue weighted by Gasteiger charge is -2.22. The van der Waals surface area contributed by atoms with Crippen molar-refractivity contribution < 1.29 is 17.9 Å². The van der Waals surface area contributed by atoms with Gasteiger partial charge in [0.25, 0.3) is 5.91 Å². The molecule has 5 nitrogen and oxygen atoms in total. The van der Waals surface area contributed by atoms with Gasteiger partial charge in [0.1, 0.15) is 0 Å². The van der Waals surface area contributed by atoms with Gasteiger partial charge < -0.3 is 4.74 Å². The maximum absolute atomic E-state index is 12.0. The fourth-order valence-corrected chi connectivity index (χ4v) is 3.20. The average molecular weight is 269 g/mol. The number of sulfonamides is 1. The summed E-state index contributed by atoms with van der Waals surface area (Å²) in [6.07, 6.45) is 0.856. The molecule has 0 bridgehead atoms. The largest absolute Gasteiger partial charge is 0.381 e. The highest BCUT2D eigenvalue weighted by atomic mass is 32.2. The van der Waals surface area contributed by atoms with Gasteiger partial charge in [0, 0.05) is 18.8 Å². The van der Waals surface area contributed by atoms with Gasteiger partial charge in [-0.25, -0.2) is 13.1 Å². The molecule has 0 unspecified atom stereocenters. The zero-order valence-electron chi connectivity index (χ0n) is 9.83. The predicted octanol–water partition coefficient (Wildman–Crippen LogP) is 0.925. The SMILES string of the molecule is O=C(NS(=O)(=O)C1CCOCC1)c1ccccc1.